The van der Waals surface area contributed by atoms with Crippen LogP contribution in [-0.4, -0.2) is 7.11 Å². The van der Waals surface area contributed by atoms with Gasteiger partial charge in [-0.05, 0) is 12.1 Å². The standard InChI is InChI=1S/C9H5F7O/c1-17-6-3-4(8(11,12)13)2-5(7(6)10)9(14,15)16/h2-3H,1H3. The lowest BCUT2D eigenvalue weighted by Gasteiger charge is -2.14. The summed E-state index contributed by atoms with van der Waals surface area (Å²) in [7, 11) is 0.777. The number of rotatable bonds is 1. The smallest absolute Gasteiger partial charge is 0.419 e. The van der Waals surface area contributed by atoms with Crippen LogP contribution in [0.4, 0.5) is 30.7 Å². The highest BCUT2D eigenvalue weighted by molar-refractivity contribution is 5.39. The van der Waals surface area contributed by atoms with Gasteiger partial charge in [0.25, 0.3) is 0 Å². The van der Waals surface area contributed by atoms with Crippen molar-refractivity contribution in [1.29, 1.82) is 0 Å². The van der Waals surface area contributed by atoms with Gasteiger partial charge >= 0.3 is 12.4 Å². The minimum absolute atomic E-state index is 0.171. The van der Waals surface area contributed by atoms with Gasteiger partial charge < -0.3 is 4.74 Å². The summed E-state index contributed by atoms with van der Waals surface area (Å²) in [6.07, 6.45) is -10.2. The summed E-state index contributed by atoms with van der Waals surface area (Å²) in [6.45, 7) is 0. The number of alkyl halides is 6. The molecule has 0 aliphatic rings. The molecular formula is C9H5F7O. The maximum absolute atomic E-state index is 13.1. The highest BCUT2D eigenvalue weighted by Crippen LogP contribution is 2.40. The lowest BCUT2D eigenvalue weighted by molar-refractivity contribution is -0.144. The molecule has 0 aliphatic heterocycles. The molecule has 0 aliphatic carbocycles. The van der Waals surface area contributed by atoms with Crippen LogP contribution in [0.2, 0.25) is 0 Å². The first-order chi connectivity index (χ1) is 7.57. The Hall–Kier alpha value is -1.47. The van der Waals surface area contributed by atoms with Crippen molar-refractivity contribution >= 4 is 0 Å². The second kappa shape index (κ2) is 4.08. The van der Waals surface area contributed by atoms with Crippen LogP contribution in [-0.2, 0) is 12.4 Å². The normalized spacial score (nSPS) is 12.7. The molecule has 0 heterocycles. The predicted octanol–water partition coefficient (Wildman–Crippen LogP) is 3.87. The van der Waals surface area contributed by atoms with E-state index in [1.807, 2.05) is 0 Å². The largest absolute Gasteiger partial charge is 0.494 e. The molecule has 0 saturated carbocycles. The number of halogens is 7. The molecule has 1 aromatic rings. The predicted molar refractivity (Wildman–Crippen MR) is 43.0 cm³/mol. The van der Waals surface area contributed by atoms with E-state index in [1.54, 1.807) is 0 Å². The molecule has 0 aromatic heterocycles. The van der Waals surface area contributed by atoms with Gasteiger partial charge in [-0.25, -0.2) is 4.39 Å². The summed E-state index contributed by atoms with van der Waals surface area (Å²) in [4.78, 5) is 0. The molecule has 0 amide bonds. The summed E-state index contributed by atoms with van der Waals surface area (Å²) in [5, 5.41) is 0. The monoisotopic (exact) mass is 262 g/mol. The molecule has 8 heteroatoms. The van der Waals surface area contributed by atoms with Crippen molar-refractivity contribution < 1.29 is 35.5 Å². The summed E-state index contributed by atoms with van der Waals surface area (Å²) in [5.74, 6) is -2.97. The average molecular weight is 262 g/mol. The molecule has 0 saturated heterocycles. The molecule has 0 bridgehead atoms. The summed E-state index contributed by atoms with van der Waals surface area (Å²) < 4.78 is 90.9. The fourth-order valence-corrected chi connectivity index (χ4v) is 1.12. The first kappa shape index (κ1) is 13.6. The first-order valence-electron chi connectivity index (χ1n) is 4.09. The van der Waals surface area contributed by atoms with E-state index >= 15 is 0 Å². The third-order valence-corrected chi connectivity index (χ3v) is 1.89. The molecule has 1 nitrogen and oxygen atoms in total. The Kier molecular flexibility index (Phi) is 3.26. The van der Waals surface area contributed by atoms with Crippen molar-refractivity contribution in [1.82, 2.24) is 0 Å². The van der Waals surface area contributed by atoms with Gasteiger partial charge in [0.1, 0.15) is 0 Å². The Balaban J connectivity index is 3.50. The molecule has 0 fully saturated rings. The van der Waals surface area contributed by atoms with Crippen LogP contribution in [0.3, 0.4) is 0 Å². The Morgan fingerprint density at radius 3 is 1.82 bits per heavy atom. The second-order valence-corrected chi connectivity index (χ2v) is 3.04. The van der Waals surface area contributed by atoms with E-state index in [0.29, 0.717) is 0 Å². The summed E-state index contributed by atoms with van der Waals surface area (Å²) in [6, 6.07) is -0.123. The van der Waals surface area contributed by atoms with E-state index in [1.165, 1.54) is 0 Å². The zero-order valence-corrected chi connectivity index (χ0v) is 8.21. The molecule has 0 atom stereocenters. The van der Waals surface area contributed by atoms with Gasteiger partial charge in [0.2, 0.25) is 0 Å². The van der Waals surface area contributed by atoms with Gasteiger partial charge in [-0.3, -0.25) is 0 Å². The maximum Gasteiger partial charge on any atom is 0.419 e. The van der Waals surface area contributed by atoms with Crippen LogP contribution >= 0.6 is 0 Å². The van der Waals surface area contributed by atoms with Crippen molar-refractivity contribution in [2.45, 2.75) is 12.4 Å². The van der Waals surface area contributed by atoms with Crippen LogP contribution in [0.5, 0.6) is 5.75 Å². The third-order valence-electron chi connectivity index (χ3n) is 1.89. The van der Waals surface area contributed by atoms with Gasteiger partial charge in [0.15, 0.2) is 11.6 Å². The zero-order chi connectivity index (χ0) is 13.4. The van der Waals surface area contributed by atoms with Crippen molar-refractivity contribution in [3.05, 3.63) is 29.1 Å². The van der Waals surface area contributed by atoms with Crippen LogP contribution in [0.25, 0.3) is 0 Å². The van der Waals surface area contributed by atoms with Crippen molar-refractivity contribution in [2.75, 3.05) is 7.11 Å². The van der Waals surface area contributed by atoms with Gasteiger partial charge in [0, 0.05) is 0 Å². The molecule has 0 N–H and O–H groups in total. The lowest BCUT2D eigenvalue weighted by atomic mass is 10.1. The number of benzene rings is 1. The van der Waals surface area contributed by atoms with Crippen LogP contribution < -0.4 is 4.74 Å². The second-order valence-electron chi connectivity index (χ2n) is 3.04. The van der Waals surface area contributed by atoms with Gasteiger partial charge in [0.05, 0.1) is 18.2 Å². The molecule has 0 unspecified atom stereocenters. The summed E-state index contributed by atoms with van der Waals surface area (Å²) in [5.41, 5.74) is -3.63. The molecular weight excluding hydrogens is 257 g/mol. The third kappa shape index (κ3) is 2.80. The Morgan fingerprint density at radius 2 is 1.47 bits per heavy atom. The molecule has 1 rings (SSSR count). The minimum Gasteiger partial charge on any atom is -0.494 e. The number of methoxy groups -OCH3 is 1. The van der Waals surface area contributed by atoms with E-state index in [9.17, 15) is 30.7 Å². The van der Waals surface area contributed by atoms with E-state index < -0.39 is 35.0 Å². The highest BCUT2D eigenvalue weighted by atomic mass is 19.4. The Labute approximate surface area is 90.8 Å². The maximum atomic E-state index is 13.1. The van der Waals surface area contributed by atoms with E-state index in [-0.39, 0.29) is 12.1 Å². The van der Waals surface area contributed by atoms with Crippen molar-refractivity contribution in [3.63, 3.8) is 0 Å². The number of hydrogen-bond acceptors (Lipinski definition) is 1. The van der Waals surface area contributed by atoms with Crippen LogP contribution in [0, 0.1) is 5.82 Å². The quantitative estimate of drug-likeness (QED) is 0.698. The van der Waals surface area contributed by atoms with Crippen molar-refractivity contribution in [2.24, 2.45) is 0 Å². The molecule has 17 heavy (non-hydrogen) atoms. The Morgan fingerprint density at radius 1 is 0.941 bits per heavy atom. The van der Waals surface area contributed by atoms with Crippen molar-refractivity contribution in [3.8, 4) is 5.75 Å². The topological polar surface area (TPSA) is 9.23 Å². The Bertz CT molecular complexity index is 419. The minimum atomic E-state index is -5.22. The fourth-order valence-electron chi connectivity index (χ4n) is 1.12. The van der Waals surface area contributed by atoms with Gasteiger partial charge in [-0.2, -0.15) is 26.3 Å². The average Bonchev–Trinajstić information content (AvgIpc) is 2.14. The van der Waals surface area contributed by atoms with Gasteiger partial charge in [-0.15, -0.1) is 0 Å². The molecule has 0 spiro atoms. The van der Waals surface area contributed by atoms with Crippen LogP contribution in [0.15, 0.2) is 12.1 Å². The zero-order valence-electron chi connectivity index (χ0n) is 8.21. The number of hydrogen-bond donors (Lipinski definition) is 0. The lowest BCUT2D eigenvalue weighted by Crippen LogP contribution is -2.13. The van der Waals surface area contributed by atoms with E-state index in [2.05, 4.69) is 4.74 Å². The van der Waals surface area contributed by atoms with Crippen LogP contribution in [0.1, 0.15) is 11.1 Å². The molecule has 1 aromatic carbocycles. The first-order valence-corrected chi connectivity index (χ1v) is 4.09. The summed E-state index contributed by atoms with van der Waals surface area (Å²) >= 11 is 0. The molecule has 0 radical (unpaired) electrons. The SMILES string of the molecule is COc1cc(C(F)(F)F)cc(C(F)(F)F)c1F. The number of ether oxygens (including phenoxy) is 1. The van der Waals surface area contributed by atoms with Gasteiger partial charge in [-0.1, -0.05) is 0 Å². The fraction of sp³-hybridized carbons (Fsp3) is 0.333. The highest BCUT2D eigenvalue weighted by Gasteiger charge is 2.40. The van der Waals surface area contributed by atoms with E-state index in [4.69, 9.17) is 0 Å². The van der Waals surface area contributed by atoms with E-state index in [0.717, 1.165) is 7.11 Å². The molecule has 96 valence electrons.